The highest BCUT2D eigenvalue weighted by Crippen LogP contribution is 2.30. The van der Waals surface area contributed by atoms with Crippen LogP contribution in [-0.2, 0) is 6.42 Å². The van der Waals surface area contributed by atoms with Crippen molar-refractivity contribution < 1.29 is 14.5 Å². The number of ketones is 1. The molecule has 1 amide bonds. The van der Waals surface area contributed by atoms with Crippen molar-refractivity contribution in [2.75, 3.05) is 5.32 Å². The Morgan fingerprint density at radius 3 is 2.87 bits per heavy atom. The average molecular weight is 331 g/mol. The Bertz CT molecular complexity index is 828. The van der Waals surface area contributed by atoms with Crippen molar-refractivity contribution in [1.29, 1.82) is 0 Å². The van der Waals surface area contributed by atoms with E-state index in [9.17, 15) is 19.7 Å². The average Bonchev–Trinajstić information content (AvgIpc) is 2.91. The zero-order chi connectivity index (χ0) is 16.6. The monoisotopic (exact) mass is 331 g/mol. The highest BCUT2D eigenvalue weighted by molar-refractivity contribution is 7.17. The van der Waals surface area contributed by atoms with Gasteiger partial charge in [-0.3, -0.25) is 25.0 Å². The fourth-order valence-electron chi connectivity index (χ4n) is 2.55. The van der Waals surface area contributed by atoms with Crippen molar-refractivity contribution >= 4 is 33.8 Å². The van der Waals surface area contributed by atoms with Crippen LogP contribution in [0.5, 0.6) is 0 Å². The van der Waals surface area contributed by atoms with Crippen molar-refractivity contribution in [3.05, 3.63) is 50.0 Å². The highest BCUT2D eigenvalue weighted by atomic mass is 32.1. The molecular weight excluding hydrogens is 318 g/mol. The number of nitrogens with zero attached hydrogens (tertiary/aromatic N) is 2. The van der Waals surface area contributed by atoms with Crippen LogP contribution in [0.2, 0.25) is 0 Å². The van der Waals surface area contributed by atoms with Crippen molar-refractivity contribution in [3.63, 3.8) is 0 Å². The number of carbonyl (C=O) groups excluding carboxylic acids is 2. The van der Waals surface area contributed by atoms with Crippen LogP contribution in [0.4, 0.5) is 10.8 Å². The van der Waals surface area contributed by atoms with E-state index >= 15 is 0 Å². The number of fused-ring (bicyclic) bond motifs is 1. The number of Topliss-reactive ketones (excluding diaryl/α,β-unsaturated/α-hetero) is 1. The molecule has 2 aromatic rings. The lowest BCUT2D eigenvalue weighted by atomic mass is 10.0. The van der Waals surface area contributed by atoms with Crippen LogP contribution >= 0.6 is 11.3 Å². The lowest BCUT2D eigenvalue weighted by Gasteiger charge is -2.06. The number of thiazole rings is 1. The quantitative estimate of drug-likeness (QED) is 0.687. The SMILES string of the molecule is Cc1c(C(=O)Nc2nc3c(s2)C(=O)CCC3)cccc1[N+](=O)[O-]. The van der Waals surface area contributed by atoms with Gasteiger partial charge in [0.2, 0.25) is 0 Å². The van der Waals surface area contributed by atoms with Gasteiger partial charge in [-0.1, -0.05) is 17.4 Å². The normalized spacial score (nSPS) is 13.5. The molecular formula is C15H13N3O4S. The molecule has 0 fully saturated rings. The molecule has 1 N–H and O–H groups in total. The molecule has 1 aromatic heterocycles. The summed E-state index contributed by atoms with van der Waals surface area (Å²) in [6.45, 7) is 1.53. The summed E-state index contributed by atoms with van der Waals surface area (Å²) in [5, 5.41) is 13.9. The number of anilines is 1. The van der Waals surface area contributed by atoms with Gasteiger partial charge in [0, 0.05) is 23.6 Å². The molecule has 3 rings (SSSR count). The maximum absolute atomic E-state index is 12.4. The largest absolute Gasteiger partial charge is 0.298 e. The minimum atomic E-state index is -0.521. The van der Waals surface area contributed by atoms with Gasteiger partial charge >= 0.3 is 0 Å². The summed E-state index contributed by atoms with van der Waals surface area (Å²) in [5.41, 5.74) is 1.13. The van der Waals surface area contributed by atoms with E-state index in [2.05, 4.69) is 10.3 Å². The van der Waals surface area contributed by atoms with E-state index < -0.39 is 10.8 Å². The molecule has 0 radical (unpaired) electrons. The first-order valence-electron chi connectivity index (χ1n) is 7.05. The number of hydrogen-bond donors (Lipinski definition) is 1. The van der Waals surface area contributed by atoms with E-state index in [0.29, 0.717) is 22.0 Å². The lowest BCUT2D eigenvalue weighted by molar-refractivity contribution is -0.385. The molecule has 1 aliphatic rings. The molecule has 7 nitrogen and oxygen atoms in total. The summed E-state index contributed by atoms with van der Waals surface area (Å²) < 4.78 is 0. The van der Waals surface area contributed by atoms with Gasteiger partial charge < -0.3 is 0 Å². The molecule has 1 aliphatic carbocycles. The zero-order valence-corrected chi connectivity index (χ0v) is 13.1. The molecule has 1 aromatic carbocycles. The predicted molar refractivity (Wildman–Crippen MR) is 85.2 cm³/mol. The molecule has 0 unspecified atom stereocenters. The molecule has 0 atom stereocenters. The Morgan fingerprint density at radius 1 is 1.39 bits per heavy atom. The van der Waals surface area contributed by atoms with E-state index in [1.807, 2.05) is 0 Å². The number of nitro groups is 1. The standard InChI is InChI=1S/C15H13N3O4S/c1-8-9(4-2-6-11(8)18(21)22)14(20)17-15-16-10-5-3-7-12(19)13(10)23-15/h2,4,6H,3,5,7H2,1H3,(H,16,17,20). The Balaban J connectivity index is 1.87. The number of aryl methyl sites for hydroxylation is 1. The molecule has 0 bridgehead atoms. The van der Waals surface area contributed by atoms with Gasteiger partial charge in [0.1, 0.15) is 0 Å². The molecule has 1 heterocycles. The number of nitro benzene ring substituents is 1. The molecule has 118 valence electrons. The summed E-state index contributed by atoms with van der Waals surface area (Å²) in [4.78, 5) is 39.5. The zero-order valence-electron chi connectivity index (χ0n) is 12.3. The number of rotatable bonds is 3. The van der Waals surface area contributed by atoms with Gasteiger partial charge in [-0.2, -0.15) is 0 Å². The van der Waals surface area contributed by atoms with E-state index in [4.69, 9.17) is 0 Å². The van der Waals surface area contributed by atoms with Crippen LogP contribution in [0.15, 0.2) is 18.2 Å². The third kappa shape index (κ3) is 2.85. The summed E-state index contributed by atoms with van der Waals surface area (Å²) in [7, 11) is 0. The van der Waals surface area contributed by atoms with Crippen LogP contribution in [0.3, 0.4) is 0 Å². The minimum absolute atomic E-state index is 0.0516. The first-order chi connectivity index (χ1) is 11.0. The van der Waals surface area contributed by atoms with Crippen LogP contribution in [0.1, 0.15) is 44.1 Å². The van der Waals surface area contributed by atoms with Crippen LogP contribution in [0.25, 0.3) is 0 Å². The predicted octanol–water partition coefficient (Wildman–Crippen LogP) is 3.13. The molecule has 23 heavy (non-hydrogen) atoms. The van der Waals surface area contributed by atoms with Crippen molar-refractivity contribution in [1.82, 2.24) is 4.98 Å². The van der Waals surface area contributed by atoms with Crippen LogP contribution < -0.4 is 5.32 Å². The lowest BCUT2D eigenvalue weighted by Crippen LogP contribution is -2.14. The summed E-state index contributed by atoms with van der Waals surface area (Å²) >= 11 is 1.16. The van der Waals surface area contributed by atoms with Crippen molar-refractivity contribution in [2.24, 2.45) is 0 Å². The second-order valence-corrected chi connectivity index (χ2v) is 6.23. The first-order valence-corrected chi connectivity index (χ1v) is 7.87. The van der Waals surface area contributed by atoms with Gasteiger partial charge in [0.25, 0.3) is 11.6 Å². The number of benzene rings is 1. The van der Waals surface area contributed by atoms with Gasteiger partial charge in [-0.15, -0.1) is 0 Å². The summed E-state index contributed by atoms with van der Waals surface area (Å²) in [5.74, 6) is -0.416. The summed E-state index contributed by atoms with van der Waals surface area (Å²) in [6, 6.07) is 4.35. The third-order valence-electron chi connectivity index (χ3n) is 3.74. The van der Waals surface area contributed by atoms with Gasteiger partial charge in [-0.25, -0.2) is 4.98 Å². The fourth-order valence-corrected chi connectivity index (χ4v) is 3.53. The molecule has 0 spiro atoms. The Hall–Kier alpha value is -2.61. The molecule has 0 saturated heterocycles. The second-order valence-electron chi connectivity index (χ2n) is 5.23. The fraction of sp³-hybridized carbons (Fsp3) is 0.267. The van der Waals surface area contributed by atoms with Crippen LogP contribution in [-0.4, -0.2) is 21.6 Å². The second kappa shape index (κ2) is 5.88. The Kier molecular flexibility index (Phi) is 3.91. The van der Waals surface area contributed by atoms with E-state index in [1.165, 1.54) is 25.1 Å². The number of amides is 1. The number of aromatic nitrogens is 1. The topological polar surface area (TPSA) is 102 Å². The summed E-state index contributed by atoms with van der Waals surface area (Å²) in [6.07, 6.45) is 2.00. The minimum Gasteiger partial charge on any atom is -0.298 e. The van der Waals surface area contributed by atoms with E-state index in [1.54, 1.807) is 0 Å². The van der Waals surface area contributed by atoms with E-state index in [0.717, 1.165) is 29.9 Å². The Morgan fingerprint density at radius 2 is 2.17 bits per heavy atom. The smallest absolute Gasteiger partial charge is 0.273 e. The Labute approximate surface area is 135 Å². The van der Waals surface area contributed by atoms with Crippen molar-refractivity contribution in [2.45, 2.75) is 26.2 Å². The maximum Gasteiger partial charge on any atom is 0.273 e. The number of hydrogen-bond acceptors (Lipinski definition) is 6. The van der Waals surface area contributed by atoms with Crippen molar-refractivity contribution in [3.8, 4) is 0 Å². The van der Waals surface area contributed by atoms with Gasteiger partial charge in [0.05, 0.1) is 15.5 Å². The molecule has 0 saturated carbocycles. The first kappa shape index (κ1) is 15.3. The van der Waals surface area contributed by atoms with Gasteiger partial charge in [0.15, 0.2) is 10.9 Å². The van der Waals surface area contributed by atoms with E-state index in [-0.39, 0.29) is 17.0 Å². The van der Waals surface area contributed by atoms with Crippen LogP contribution in [0, 0.1) is 17.0 Å². The maximum atomic E-state index is 12.4. The highest BCUT2D eigenvalue weighted by Gasteiger charge is 2.24. The molecule has 8 heteroatoms. The number of carbonyl (C=O) groups is 2. The molecule has 0 aliphatic heterocycles. The third-order valence-corrected chi connectivity index (χ3v) is 4.79. The van der Waals surface area contributed by atoms with Gasteiger partial charge in [-0.05, 0) is 25.8 Å². The number of nitrogens with one attached hydrogen (secondary N) is 1.